The normalized spacial score (nSPS) is 11.5. The SMILES string of the molecule is C=C(C)CN(CC)S(=O)(=O)c1cc(OC)c(OC)cc1C. The molecular weight excluding hydrogens is 290 g/mol. The molecule has 0 saturated carbocycles. The smallest absolute Gasteiger partial charge is 0.243 e. The molecule has 6 heteroatoms. The van der Waals surface area contributed by atoms with Crippen LogP contribution in [0, 0.1) is 6.92 Å². The van der Waals surface area contributed by atoms with E-state index in [1.54, 1.807) is 26.8 Å². The predicted octanol–water partition coefficient (Wildman–Crippen LogP) is 2.60. The fourth-order valence-corrected chi connectivity index (χ4v) is 3.78. The molecule has 0 spiro atoms. The first kappa shape index (κ1) is 17.5. The molecule has 1 aromatic carbocycles. The molecule has 0 atom stereocenters. The van der Waals surface area contributed by atoms with Crippen molar-refractivity contribution in [3.63, 3.8) is 0 Å². The van der Waals surface area contributed by atoms with E-state index < -0.39 is 10.0 Å². The zero-order valence-corrected chi connectivity index (χ0v) is 14.1. The molecule has 0 bridgehead atoms. The molecule has 0 aliphatic heterocycles. The Balaban J connectivity index is 3.40. The summed E-state index contributed by atoms with van der Waals surface area (Å²) in [6, 6.07) is 3.17. The van der Waals surface area contributed by atoms with Crippen molar-refractivity contribution in [1.29, 1.82) is 0 Å². The summed E-state index contributed by atoms with van der Waals surface area (Å²) in [6.45, 7) is 9.81. The van der Waals surface area contributed by atoms with E-state index in [0.29, 0.717) is 30.2 Å². The second-order valence-corrected chi connectivity index (χ2v) is 6.77. The minimum Gasteiger partial charge on any atom is -0.493 e. The Morgan fingerprint density at radius 1 is 1.24 bits per heavy atom. The van der Waals surface area contributed by atoms with Gasteiger partial charge in [0, 0.05) is 19.2 Å². The lowest BCUT2D eigenvalue weighted by molar-refractivity contribution is 0.353. The fourth-order valence-electron chi connectivity index (χ4n) is 2.05. The van der Waals surface area contributed by atoms with Crippen LogP contribution in [-0.4, -0.2) is 40.0 Å². The second kappa shape index (κ2) is 6.95. The summed E-state index contributed by atoms with van der Waals surface area (Å²) in [5.41, 5.74) is 1.41. The first-order valence-corrected chi connectivity index (χ1v) is 8.09. The highest BCUT2D eigenvalue weighted by Gasteiger charge is 2.26. The molecule has 0 radical (unpaired) electrons. The molecule has 0 aliphatic carbocycles. The van der Waals surface area contributed by atoms with E-state index in [1.807, 2.05) is 0 Å². The monoisotopic (exact) mass is 313 g/mol. The Morgan fingerprint density at radius 2 is 1.76 bits per heavy atom. The van der Waals surface area contributed by atoms with Crippen LogP contribution in [0.5, 0.6) is 11.5 Å². The van der Waals surface area contributed by atoms with Crippen molar-refractivity contribution in [2.24, 2.45) is 0 Å². The first-order valence-electron chi connectivity index (χ1n) is 6.65. The van der Waals surface area contributed by atoms with Gasteiger partial charge in [-0.05, 0) is 25.5 Å². The highest BCUT2D eigenvalue weighted by Crippen LogP contribution is 2.33. The van der Waals surface area contributed by atoms with E-state index in [9.17, 15) is 8.42 Å². The summed E-state index contributed by atoms with van der Waals surface area (Å²) >= 11 is 0. The van der Waals surface area contributed by atoms with Gasteiger partial charge in [0.2, 0.25) is 10.0 Å². The molecule has 5 nitrogen and oxygen atoms in total. The van der Waals surface area contributed by atoms with Crippen molar-refractivity contribution in [2.45, 2.75) is 25.7 Å². The van der Waals surface area contributed by atoms with Crippen LogP contribution in [0.3, 0.4) is 0 Å². The molecule has 21 heavy (non-hydrogen) atoms. The molecule has 1 rings (SSSR count). The largest absolute Gasteiger partial charge is 0.493 e. The van der Waals surface area contributed by atoms with Crippen LogP contribution in [0.25, 0.3) is 0 Å². The van der Waals surface area contributed by atoms with Crippen molar-refractivity contribution in [2.75, 3.05) is 27.3 Å². The second-order valence-electron chi connectivity index (χ2n) is 4.86. The van der Waals surface area contributed by atoms with Gasteiger partial charge in [-0.2, -0.15) is 4.31 Å². The Labute approximate surface area is 127 Å². The van der Waals surface area contributed by atoms with Crippen LogP contribution < -0.4 is 9.47 Å². The van der Waals surface area contributed by atoms with Crippen molar-refractivity contribution >= 4 is 10.0 Å². The highest BCUT2D eigenvalue weighted by atomic mass is 32.2. The van der Waals surface area contributed by atoms with Crippen LogP contribution in [0.2, 0.25) is 0 Å². The van der Waals surface area contributed by atoms with Gasteiger partial charge in [0.25, 0.3) is 0 Å². The number of hydrogen-bond acceptors (Lipinski definition) is 4. The van der Waals surface area contributed by atoms with Gasteiger partial charge in [0.05, 0.1) is 19.1 Å². The maximum absolute atomic E-state index is 12.8. The quantitative estimate of drug-likeness (QED) is 0.726. The third-order valence-electron chi connectivity index (χ3n) is 3.10. The number of hydrogen-bond donors (Lipinski definition) is 0. The van der Waals surface area contributed by atoms with Crippen LogP contribution in [0.15, 0.2) is 29.2 Å². The number of nitrogens with zero attached hydrogens (tertiary/aromatic N) is 1. The van der Waals surface area contributed by atoms with E-state index in [4.69, 9.17) is 9.47 Å². The molecule has 0 N–H and O–H groups in total. The Bertz CT molecular complexity index is 623. The average molecular weight is 313 g/mol. The van der Waals surface area contributed by atoms with Crippen LogP contribution in [0.1, 0.15) is 19.4 Å². The van der Waals surface area contributed by atoms with Gasteiger partial charge in [0.15, 0.2) is 11.5 Å². The molecule has 0 amide bonds. The molecular formula is C15H23NO4S. The van der Waals surface area contributed by atoms with Crippen molar-refractivity contribution in [3.8, 4) is 11.5 Å². The maximum atomic E-state index is 12.8. The van der Waals surface area contributed by atoms with Crippen LogP contribution in [0.4, 0.5) is 0 Å². The Hall–Kier alpha value is -1.53. The van der Waals surface area contributed by atoms with Gasteiger partial charge in [-0.1, -0.05) is 19.1 Å². The standard InChI is InChI=1S/C15H23NO4S/c1-7-16(10-11(2)3)21(17,18)15-9-14(20-6)13(19-5)8-12(15)4/h8-9H,2,7,10H2,1,3-6H3. The summed E-state index contributed by atoms with van der Waals surface area (Å²) in [7, 11) is -0.598. The number of likely N-dealkylation sites (N-methyl/N-ethyl adjacent to an activating group) is 1. The van der Waals surface area contributed by atoms with Gasteiger partial charge in [0.1, 0.15) is 0 Å². The van der Waals surface area contributed by atoms with Gasteiger partial charge >= 0.3 is 0 Å². The Kier molecular flexibility index (Phi) is 5.80. The summed E-state index contributed by atoms with van der Waals surface area (Å²) in [4.78, 5) is 0.225. The zero-order valence-electron chi connectivity index (χ0n) is 13.3. The van der Waals surface area contributed by atoms with E-state index >= 15 is 0 Å². The summed E-state index contributed by atoms with van der Waals surface area (Å²) in [6.07, 6.45) is 0. The molecule has 0 heterocycles. The molecule has 0 unspecified atom stereocenters. The van der Waals surface area contributed by atoms with E-state index in [1.165, 1.54) is 24.6 Å². The lowest BCUT2D eigenvalue weighted by atomic mass is 10.2. The van der Waals surface area contributed by atoms with Gasteiger partial charge in [-0.3, -0.25) is 0 Å². The van der Waals surface area contributed by atoms with Crippen molar-refractivity contribution in [1.82, 2.24) is 4.31 Å². The average Bonchev–Trinajstić information content (AvgIpc) is 2.43. The first-order chi connectivity index (χ1) is 9.77. The number of ether oxygens (including phenoxy) is 2. The summed E-state index contributed by atoms with van der Waals surface area (Å²) in [5.74, 6) is 0.907. The molecule has 0 fully saturated rings. The molecule has 0 aromatic heterocycles. The lowest BCUT2D eigenvalue weighted by Gasteiger charge is -2.22. The Morgan fingerprint density at radius 3 is 2.19 bits per heavy atom. The summed E-state index contributed by atoms with van der Waals surface area (Å²) in [5, 5.41) is 0. The molecule has 0 saturated heterocycles. The number of methoxy groups -OCH3 is 2. The fraction of sp³-hybridized carbons (Fsp3) is 0.467. The highest BCUT2D eigenvalue weighted by molar-refractivity contribution is 7.89. The lowest BCUT2D eigenvalue weighted by Crippen LogP contribution is -2.32. The van der Waals surface area contributed by atoms with Crippen LogP contribution in [-0.2, 0) is 10.0 Å². The summed E-state index contributed by atoms with van der Waals surface area (Å²) < 4.78 is 37.3. The third-order valence-corrected chi connectivity index (χ3v) is 5.16. The molecule has 118 valence electrons. The molecule has 0 aliphatic rings. The van der Waals surface area contributed by atoms with Gasteiger partial charge in [-0.25, -0.2) is 8.42 Å². The van der Waals surface area contributed by atoms with E-state index in [0.717, 1.165) is 5.57 Å². The number of sulfonamides is 1. The third kappa shape index (κ3) is 3.77. The van der Waals surface area contributed by atoms with E-state index in [-0.39, 0.29) is 4.90 Å². The number of benzene rings is 1. The van der Waals surface area contributed by atoms with Crippen molar-refractivity contribution in [3.05, 3.63) is 29.8 Å². The minimum absolute atomic E-state index is 0.225. The zero-order chi connectivity index (χ0) is 16.2. The van der Waals surface area contributed by atoms with Gasteiger partial charge < -0.3 is 9.47 Å². The maximum Gasteiger partial charge on any atom is 0.243 e. The van der Waals surface area contributed by atoms with Crippen molar-refractivity contribution < 1.29 is 17.9 Å². The number of aryl methyl sites for hydroxylation is 1. The van der Waals surface area contributed by atoms with Crippen LogP contribution >= 0.6 is 0 Å². The predicted molar refractivity (Wildman–Crippen MR) is 83.5 cm³/mol. The topological polar surface area (TPSA) is 55.8 Å². The number of rotatable bonds is 7. The molecule has 1 aromatic rings. The van der Waals surface area contributed by atoms with Gasteiger partial charge in [-0.15, -0.1) is 0 Å². The van der Waals surface area contributed by atoms with E-state index in [2.05, 4.69) is 6.58 Å². The minimum atomic E-state index is -3.60.